The Balaban J connectivity index is 2.70. The van der Waals surface area contributed by atoms with Crippen LogP contribution in [0.2, 0.25) is 0 Å². The molecule has 0 fully saturated rings. The van der Waals surface area contributed by atoms with Crippen LogP contribution in [-0.4, -0.2) is 31.5 Å². The van der Waals surface area contributed by atoms with Gasteiger partial charge in [-0.15, -0.1) is 0 Å². The average Bonchev–Trinajstić information content (AvgIpc) is 2.49. The van der Waals surface area contributed by atoms with E-state index in [9.17, 15) is 9.59 Å². The van der Waals surface area contributed by atoms with Crippen LogP contribution in [0.3, 0.4) is 0 Å². The highest BCUT2D eigenvalue weighted by Gasteiger charge is 2.17. The van der Waals surface area contributed by atoms with Crippen LogP contribution in [0.4, 0.5) is 5.69 Å². The van der Waals surface area contributed by atoms with E-state index < -0.39 is 0 Å². The molecule has 5 nitrogen and oxygen atoms in total. The number of nitrogens with zero attached hydrogens (tertiary/aromatic N) is 1. The van der Waals surface area contributed by atoms with Crippen molar-refractivity contribution in [1.82, 2.24) is 5.32 Å². The molecule has 0 heterocycles. The first kappa shape index (κ1) is 18.0. The summed E-state index contributed by atoms with van der Waals surface area (Å²) in [4.78, 5) is 25.3. The van der Waals surface area contributed by atoms with E-state index in [2.05, 4.69) is 12.2 Å². The van der Waals surface area contributed by atoms with E-state index >= 15 is 0 Å². The first-order valence-corrected chi connectivity index (χ1v) is 7.86. The summed E-state index contributed by atoms with van der Waals surface area (Å²) in [5, 5.41) is 2.86. The van der Waals surface area contributed by atoms with Crippen molar-refractivity contribution < 1.29 is 14.3 Å². The van der Waals surface area contributed by atoms with Gasteiger partial charge in [0.15, 0.2) is 0 Å². The van der Waals surface area contributed by atoms with Gasteiger partial charge in [0.25, 0.3) is 0 Å². The normalized spacial score (nSPS) is 10.1. The molecule has 1 aromatic rings. The molecule has 22 heavy (non-hydrogen) atoms. The highest BCUT2D eigenvalue weighted by molar-refractivity contribution is 5.93. The van der Waals surface area contributed by atoms with E-state index in [-0.39, 0.29) is 18.2 Å². The number of benzene rings is 1. The number of carbonyl (C=O) groups excluding carboxylic acids is 2. The van der Waals surface area contributed by atoms with E-state index in [1.807, 2.05) is 31.2 Å². The van der Waals surface area contributed by atoms with Crippen molar-refractivity contribution in [2.24, 2.45) is 0 Å². The number of carbonyl (C=O) groups is 2. The maximum absolute atomic E-state index is 11.9. The van der Waals surface area contributed by atoms with Gasteiger partial charge in [-0.05, 0) is 25.5 Å². The third-order valence-electron chi connectivity index (χ3n) is 3.25. The van der Waals surface area contributed by atoms with Gasteiger partial charge >= 0.3 is 0 Å². The molecule has 0 saturated heterocycles. The second-order valence-corrected chi connectivity index (χ2v) is 5.02. The fourth-order valence-electron chi connectivity index (χ4n) is 2.11. The van der Waals surface area contributed by atoms with Crippen LogP contribution >= 0.6 is 0 Å². The van der Waals surface area contributed by atoms with Gasteiger partial charge in [0, 0.05) is 26.4 Å². The summed E-state index contributed by atoms with van der Waals surface area (Å²) in [6, 6.07) is 7.39. The standard InChI is InChI=1S/C17H26N2O3/c1-4-6-12-18-17(21)11-13-19(14(3)20)15-9-7-8-10-16(15)22-5-2/h7-10H,4-6,11-13H2,1-3H3,(H,18,21). The predicted octanol–water partition coefficient (Wildman–Crippen LogP) is 2.74. The zero-order chi connectivity index (χ0) is 16.4. The Bertz CT molecular complexity index is 489. The van der Waals surface area contributed by atoms with Crippen molar-refractivity contribution in [1.29, 1.82) is 0 Å². The second kappa shape index (κ2) is 9.82. The van der Waals surface area contributed by atoms with Crippen LogP contribution in [-0.2, 0) is 9.59 Å². The third kappa shape index (κ3) is 5.76. The van der Waals surface area contributed by atoms with Gasteiger partial charge < -0.3 is 15.0 Å². The molecule has 1 N–H and O–H groups in total. The number of hydrogen-bond acceptors (Lipinski definition) is 3. The van der Waals surface area contributed by atoms with E-state index in [0.717, 1.165) is 12.8 Å². The number of hydrogen-bond donors (Lipinski definition) is 1. The van der Waals surface area contributed by atoms with Crippen molar-refractivity contribution in [3.8, 4) is 5.75 Å². The maximum Gasteiger partial charge on any atom is 0.223 e. The molecule has 1 rings (SSSR count). The van der Waals surface area contributed by atoms with Gasteiger partial charge in [-0.25, -0.2) is 0 Å². The van der Waals surface area contributed by atoms with E-state index in [1.165, 1.54) is 6.92 Å². The van der Waals surface area contributed by atoms with Crippen molar-refractivity contribution >= 4 is 17.5 Å². The first-order valence-electron chi connectivity index (χ1n) is 7.86. The van der Waals surface area contributed by atoms with E-state index in [1.54, 1.807) is 4.90 Å². The summed E-state index contributed by atoms with van der Waals surface area (Å²) in [5.41, 5.74) is 0.707. The monoisotopic (exact) mass is 306 g/mol. The van der Waals surface area contributed by atoms with Crippen LogP contribution in [0.25, 0.3) is 0 Å². The number of anilines is 1. The molecule has 0 aliphatic carbocycles. The molecule has 1 aromatic carbocycles. The number of amides is 2. The first-order chi connectivity index (χ1) is 10.6. The molecule has 0 radical (unpaired) electrons. The zero-order valence-corrected chi connectivity index (χ0v) is 13.7. The van der Waals surface area contributed by atoms with Crippen molar-refractivity contribution in [3.63, 3.8) is 0 Å². The molecule has 0 aromatic heterocycles. The van der Waals surface area contributed by atoms with Crippen LogP contribution in [0.1, 0.15) is 40.0 Å². The molecule has 0 saturated carbocycles. The Morgan fingerprint density at radius 2 is 1.95 bits per heavy atom. The lowest BCUT2D eigenvalue weighted by molar-refractivity contribution is -0.121. The Morgan fingerprint density at radius 1 is 1.23 bits per heavy atom. The number of ether oxygens (including phenoxy) is 1. The lowest BCUT2D eigenvalue weighted by atomic mass is 10.2. The zero-order valence-electron chi connectivity index (χ0n) is 13.7. The summed E-state index contributed by atoms with van der Waals surface area (Å²) in [7, 11) is 0. The summed E-state index contributed by atoms with van der Waals surface area (Å²) < 4.78 is 5.56. The third-order valence-corrected chi connectivity index (χ3v) is 3.25. The van der Waals surface area contributed by atoms with Crippen molar-refractivity contribution in [2.45, 2.75) is 40.0 Å². The van der Waals surface area contributed by atoms with Gasteiger partial charge in [-0.1, -0.05) is 25.5 Å². The highest BCUT2D eigenvalue weighted by Crippen LogP contribution is 2.28. The van der Waals surface area contributed by atoms with E-state index in [0.29, 0.717) is 31.1 Å². The van der Waals surface area contributed by atoms with Crippen molar-refractivity contribution in [2.75, 3.05) is 24.6 Å². The van der Waals surface area contributed by atoms with Gasteiger partial charge in [-0.3, -0.25) is 9.59 Å². The molecule has 0 atom stereocenters. The smallest absolute Gasteiger partial charge is 0.223 e. The fourth-order valence-corrected chi connectivity index (χ4v) is 2.11. The fraction of sp³-hybridized carbons (Fsp3) is 0.529. The molecule has 0 spiro atoms. The molecule has 0 aliphatic heterocycles. The molecule has 0 aliphatic rings. The molecular weight excluding hydrogens is 280 g/mol. The Hall–Kier alpha value is -2.04. The Labute approximate surface area is 132 Å². The van der Waals surface area contributed by atoms with Crippen LogP contribution in [0.5, 0.6) is 5.75 Å². The van der Waals surface area contributed by atoms with Gasteiger partial charge in [0.05, 0.1) is 12.3 Å². The number of para-hydroxylation sites is 2. The Kier molecular flexibility index (Phi) is 8.04. The summed E-state index contributed by atoms with van der Waals surface area (Å²) in [6.07, 6.45) is 2.29. The Morgan fingerprint density at radius 3 is 2.59 bits per heavy atom. The van der Waals surface area contributed by atoms with Gasteiger partial charge in [0.1, 0.15) is 5.75 Å². The minimum atomic E-state index is -0.103. The summed E-state index contributed by atoms with van der Waals surface area (Å²) >= 11 is 0. The summed E-state index contributed by atoms with van der Waals surface area (Å²) in [5.74, 6) is 0.522. The highest BCUT2D eigenvalue weighted by atomic mass is 16.5. The van der Waals surface area contributed by atoms with Gasteiger partial charge in [0.2, 0.25) is 11.8 Å². The topological polar surface area (TPSA) is 58.6 Å². The minimum Gasteiger partial charge on any atom is -0.492 e. The SMILES string of the molecule is CCCCNC(=O)CCN(C(C)=O)c1ccccc1OCC. The lowest BCUT2D eigenvalue weighted by Crippen LogP contribution is -2.34. The number of rotatable bonds is 9. The number of unbranched alkanes of at least 4 members (excludes halogenated alkanes) is 1. The largest absolute Gasteiger partial charge is 0.492 e. The van der Waals surface area contributed by atoms with Crippen LogP contribution < -0.4 is 15.0 Å². The van der Waals surface area contributed by atoms with Gasteiger partial charge in [-0.2, -0.15) is 0 Å². The second-order valence-electron chi connectivity index (χ2n) is 5.02. The van der Waals surface area contributed by atoms with E-state index in [4.69, 9.17) is 4.74 Å². The minimum absolute atomic E-state index is 0.0337. The molecular formula is C17H26N2O3. The van der Waals surface area contributed by atoms with Crippen molar-refractivity contribution in [3.05, 3.63) is 24.3 Å². The predicted molar refractivity (Wildman–Crippen MR) is 88.2 cm³/mol. The molecule has 0 unspecified atom stereocenters. The average molecular weight is 306 g/mol. The molecule has 5 heteroatoms. The van der Waals surface area contributed by atoms with Crippen LogP contribution in [0.15, 0.2) is 24.3 Å². The molecule has 122 valence electrons. The quantitative estimate of drug-likeness (QED) is 0.714. The lowest BCUT2D eigenvalue weighted by Gasteiger charge is -2.23. The molecule has 0 bridgehead atoms. The summed E-state index contributed by atoms with van der Waals surface area (Å²) in [6.45, 7) is 7.03. The maximum atomic E-state index is 11.9. The van der Waals surface area contributed by atoms with Crippen LogP contribution in [0, 0.1) is 0 Å². The number of nitrogens with one attached hydrogen (secondary N) is 1. The molecule has 2 amide bonds.